The molecule has 23 heavy (non-hydrogen) atoms. The van der Waals surface area contributed by atoms with Gasteiger partial charge in [0.05, 0.1) is 11.2 Å². The molecule has 0 saturated carbocycles. The van der Waals surface area contributed by atoms with Crippen molar-refractivity contribution in [2.24, 2.45) is 0 Å². The number of para-hydroxylation sites is 1. The summed E-state index contributed by atoms with van der Waals surface area (Å²) in [6.07, 6.45) is 3.63. The third-order valence-electron chi connectivity index (χ3n) is 3.76. The highest BCUT2D eigenvalue weighted by molar-refractivity contribution is 5.96. The van der Waals surface area contributed by atoms with Crippen LogP contribution in [0.25, 0.3) is 10.9 Å². The lowest BCUT2D eigenvalue weighted by atomic mass is 10.1. The van der Waals surface area contributed by atoms with Gasteiger partial charge in [0, 0.05) is 23.5 Å². The number of anilines is 3. The summed E-state index contributed by atoms with van der Waals surface area (Å²) in [7, 11) is 0. The molecule has 4 aromatic rings. The van der Waals surface area contributed by atoms with Gasteiger partial charge >= 0.3 is 0 Å². The second kappa shape index (κ2) is 5.89. The van der Waals surface area contributed by atoms with E-state index in [0.717, 1.165) is 28.1 Å². The highest BCUT2D eigenvalue weighted by Crippen LogP contribution is 2.36. The first-order chi connectivity index (χ1) is 11.4. The van der Waals surface area contributed by atoms with Gasteiger partial charge in [0.2, 0.25) is 0 Å². The van der Waals surface area contributed by atoms with E-state index in [1.54, 1.807) is 0 Å². The molecule has 0 radical (unpaired) electrons. The number of aromatic nitrogens is 2. The van der Waals surface area contributed by atoms with Gasteiger partial charge in [-0.2, -0.15) is 0 Å². The van der Waals surface area contributed by atoms with Crippen LogP contribution < -0.4 is 4.90 Å². The van der Waals surface area contributed by atoms with E-state index in [9.17, 15) is 0 Å². The number of benzene rings is 2. The summed E-state index contributed by atoms with van der Waals surface area (Å²) in [5, 5.41) is 1.10. The molecule has 0 fully saturated rings. The summed E-state index contributed by atoms with van der Waals surface area (Å²) in [4.78, 5) is 11.2. The predicted molar refractivity (Wildman–Crippen MR) is 94.2 cm³/mol. The lowest BCUT2D eigenvalue weighted by molar-refractivity contribution is 1.19. The Morgan fingerprint density at radius 3 is 2.26 bits per heavy atom. The average Bonchev–Trinajstić information content (AvgIpc) is 2.64. The SMILES string of the molecule is c1ccc(N(c2ccccn2)c2cccc3ncccc23)cc1. The van der Waals surface area contributed by atoms with Crippen molar-refractivity contribution in [2.45, 2.75) is 0 Å². The number of nitrogens with zero attached hydrogens (tertiary/aromatic N) is 3. The number of hydrogen-bond donors (Lipinski definition) is 0. The van der Waals surface area contributed by atoms with E-state index in [1.165, 1.54) is 0 Å². The fraction of sp³-hybridized carbons (Fsp3) is 0. The van der Waals surface area contributed by atoms with E-state index < -0.39 is 0 Å². The van der Waals surface area contributed by atoms with Crippen molar-refractivity contribution in [3.63, 3.8) is 0 Å². The van der Waals surface area contributed by atoms with Gasteiger partial charge in [0.1, 0.15) is 5.82 Å². The minimum atomic E-state index is 0.884. The molecule has 0 bridgehead atoms. The van der Waals surface area contributed by atoms with Gasteiger partial charge in [-0.15, -0.1) is 0 Å². The molecule has 2 aromatic heterocycles. The van der Waals surface area contributed by atoms with E-state index in [0.29, 0.717) is 0 Å². The summed E-state index contributed by atoms with van der Waals surface area (Å²) in [6.45, 7) is 0. The zero-order chi connectivity index (χ0) is 15.5. The van der Waals surface area contributed by atoms with Crippen LogP contribution in [0.3, 0.4) is 0 Å². The van der Waals surface area contributed by atoms with Crippen molar-refractivity contribution in [3.8, 4) is 0 Å². The van der Waals surface area contributed by atoms with Crippen molar-refractivity contribution in [3.05, 3.63) is 91.3 Å². The van der Waals surface area contributed by atoms with E-state index >= 15 is 0 Å². The Labute approximate surface area is 134 Å². The maximum absolute atomic E-state index is 4.54. The zero-order valence-corrected chi connectivity index (χ0v) is 12.5. The maximum Gasteiger partial charge on any atom is 0.137 e. The monoisotopic (exact) mass is 297 g/mol. The van der Waals surface area contributed by atoms with Crippen LogP contribution >= 0.6 is 0 Å². The topological polar surface area (TPSA) is 29.0 Å². The lowest BCUT2D eigenvalue weighted by Gasteiger charge is -2.25. The van der Waals surface area contributed by atoms with Crippen LogP contribution in [0.15, 0.2) is 91.3 Å². The normalized spacial score (nSPS) is 10.6. The Balaban J connectivity index is 1.98. The molecule has 0 atom stereocenters. The van der Waals surface area contributed by atoms with Crippen molar-refractivity contribution in [1.82, 2.24) is 9.97 Å². The van der Waals surface area contributed by atoms with Crippen molar-refractivity contribution >= 4 is 28.1 Å². The van der Waals surface area contributed by atoms with Crippen LogP contribution in [-0.2, 0) is 0 Å². The fourth-order valence-electron chi connectivity index (χ4n) is 2.74. The minimum absolute atomic E-state index is 0.884. The predicted octanol–water partition coefficient (Wildman–Crippen LogP) is 5.10. The molecule has 110 valence electrons. The molecule has 0 amide bonds. The van der Waals surface area contributed by atoms with E-state index in [-0.39, 0.29) is 0 Å². The molecule has 0 aliphatic carbocycles. The summed E-state index contributed by atoms with van der Waals surface area (Å²) in [6, 6.07) is 26.4. The molecule has 2 aromatic carbocycles. The first-order valence-corrected chi connectivity index (χ1v) is 7.53. The molecule has 0 aliphatic heterocycles. The Bertz CT molecular complexity index is 876. The molecule has 0 aliphatic rings. The van der Waals surface area contributed by atoms with Crippen LogP contribution in [0.4, 0.5) is 17.2 Å². The minimum Gasteiger partial charge on any atom is -0.294 e. The largest absolute Gasteiger partial charge is 0.294 e. The van der Waals surface area contributed by atoms with Gasteiger partial charge in [0.25, 0.3) is 0 Å². The third kappa shape index (κ3) is 2.53. The van der Waals surface area contributed by atoms with E-state index in [4.69, 9.17) is 0 Å². The molecular weight excluding hydrogens is 282 g/mol. The van der Waals surface area contributed by atoms with Crippen molar-refractivity contribution in [1.29, 1.82) is 0 Å². The smallest absolute Gasteiger partial charge is 0.137 e. The highest BCUT2D eigenvalue weighted by Gasteiger charge is 2.15. The van der Waals surface area contributed by atoms with Crippen LogP contribution in [-0.4, -0.2) is 9.97 Å². The molecule has 0 unspecified atom stereocenters. The molecule has 3 nitrogen and oxygen atoms in total. The average molecular weight is 297 g/mol. The second-order valence-electron chi connectivity index (χ2n) is 5.21. The Morgan fingerprint density at radius 2 is 1.43 bits per heavy atom. The molecule has 4 rings (SSSR count). The number of rotatable bonds is 3. The highest BCUT2D eigenvalue weighted by atomic mass is 15.2. The second-order valence-corrected chi connectivity index (χ2v) is 5.21. The zero-order valence-electron chi connectivity index (χ0n) is 12.5. The first kappa shape index (κ1) is 13.5. The van der Waals surface area contributed by atoms with Crippen LogP contribution in [0.1, 0.15) is 0 Å². The Hall–Kier alpha value is -3.20. The van der Waals surface area contributed by atoms with Gasteiger partial charge in [-0.25, -0.2) is 4.98 Å². The summed E-state index contributed by atoms with van der Waals surface area (Å²) in [5.74, 6) is 0.884. The van der Waals surface area contributed by atoms with Gasteiger partial charge in [-0.1, -0.05) is 30.3 Å². The van der Waals surface area contributed by atoms with Crippen LogP contribution in [0.2, 0.25) is 0 Å². The summed E-state index contributed by atoms with van der Waals surface area (Å²) >= 11 is 0. The summed E-state index contributed by atoms with van der Waals surface area (Å²) in [5.41, 5.74) is 3.12. The summed E-state index contributed by atoms with van der Waals surface area (Å²) < 4.78 is 0. The van der Waals surface area contributed by atoms with Crippen LogP contribution in [0, 0.1) is 0 Å². The third-order valence-corrected chi connectivity index (χ3v) is 3.76. The molecule has 0 spiro atoms. The number of fused-ring (bicyclic) bond motifs is 1. The quantitative estimate of drug-likeness (QED) is 0.527. The number of pyridine rings is 2. The fourth-order valence-corrected chi connectivity index (χ4v) is 2.74. The van der Waals surface area contributed by atoms with E-state index in [1.807, 2.05) is 67.0 Å². The van der Waals surface area contributed by atoms with E-state index in [2.05, 4.69) is 39.1 Å². The number of hydrogen-bond acceptors (Lipinski definition) is 3. The molecule has 0 saturated heterocycles. The van der Waals surface area contributed by atoms with Crippen molar-refractivity contribution in [2.75, 3.05) is 4.90 Å². The van der Waals surface area contributed by atoms with Gasteiger partial charge in [-0.05, 0) is 48.5 Å². The van der Waals surface area contributed by atoms with Gasteiger partial charge in [-0.3, -0.25) is 9.88 Å². The Morgan fingerprint density at radius 1 is 0.609 bits per heavy atom. The molecule has 3 heteroatoms. The van der Waals surface area contributed by atoms with Gasteiger partial charge in [0.15, 0.2) is 0 Å². The van der Waals surface area contributed by atoms with Crippen LogP contribution in [0.5, 0.6) is 0 Å². The molecule has 0 N–H and O–H groups in total. The lowest BCUT2D eigenvalue weighted by Crippen LogP contribution is -2.11. The standard InChI is InChI=1S/C20H15N3/c1-2-8-16(9-3-1)23(20-13-4-5-14-22-20)19-12-6-11-18-17(19)10-7-15-21-18/h1-15H. The van der Waals surface area contributed by atoms with Crippen molar-refractivity contribution < 1.29 is 0 Å². The maximum atomic E-state index is 4.54. The Kier molecular flexibility index (Phi) is 3.45. The first-order valence-electron chi connectivity index (χ1n) is 7.53. The van der Waals surface area contributed by atoms with Gasteiger partial charge < -0.3 is 0 Å². The molecule has 2 heterocycles. The molecular formula is C20H15N3.